The first-order valence-corrected chi connectivity index (χ1v) is 6.79. The summed E-state index contributed by atoms with van der Waals surface area (Å²) in [5.74, 6) is 0.808. The summed E-state index contributed by atoms with van der Waals surface area (Å²) < 4.78 is 10.9. The SMILES string of the molecule is COc1ccc(COCc2ccccc2Cl)cc1CN. The van der Waals surface area contributed by atoms with Crippen LogP contribution in [0.2, 0.25) is 5.02 Å². The Morgan fingerprint density at radius 1 is 1.05 bits per heavy atom. The van der Waals surface area contributed by atoms with Crippen molar-refractivity contribution in [3.8, 4) is 5.75 Å². The lowest BCUT2D eigenvalue weighted by Gasteiger charge is -2.10. The van der Waals surface area contributed by atoms with Gasteiger partial charge in [-0.3, -0.25) is 0 Å². The first kappa shape index (κ1) is 14.9. The van der Waals surface area contributed by atoms with E-state index in [2.05, 4.69) is 0 Å². The maximum absolute atomic E-state index is 6.08. The van der Waals surface area contributed by atoms with Gasteiger partial charge in [-0.15, -0.1) is 0 Å². The number of hydrogen-bond donors (Lipinski definition) is 1. The molecule has 0 aromatic heterocycles. The molecular weight excluding hydrogens is 274 g/mol. The second-order valence-electron chi connectivity index (χ2n) is 4.43. The summed E-state index contributed by atoms with van der Waals surface area (Å²) in [5, 5.41) is 0.727. The van der Waals surface area contributed by atoms with E-state index >= 15 is 0 Å². The lowest BCUT2D eigenvalue weighted by molar-refractivity contribution is 0.107. The molecule has 2 rings (SSSR count). The molecule has 0 spiro atoms. The van der Waals surface area contributed by atoms with Crippen molar-refractivity contribution in [1.29, 1.82) is 0 Å². The molecule has 4 heteroatoms. The van der Waals surface area contributed by atoms with Crippen LogP contribution in [0, 0.1) is 0 Å². The Balaban J connectivity index is 1.96. The average molecular weight is 292 g/mol. The minimum atomic E-state index is 0.446. The topological polar surface area (TPSA) is 44.5 Å². The van der Waals surface area contributed by atoms with E-state index in [4.69, 9.17) is 26.8 Å². The molecule has 0 saturated carbocycles. The summed E-state index contributed by atoms with van der Waals surface area (Å²) >= 11 is 6.08. The van der Waals surface area contributed by atoms with Gasteiger partial charge in [-0.05, 0) is 29.3 Å². The molecule has 0 aliphatic heterocycles. The number of nitrogens with two attached hydrogens (primary N) is 1. The van der Waals surface area contributed by atoms with Crippen molar-refractivity contribution in [2.75, 3.05) is 7.11 Å². The quantitative estimate of drug-likeness (QED) is 0.885. The van der Waals surface area contributed by atoms with E-state index in [1.807, 2.05) is 42.5 Å². The van der Waals surface area contributed by atoms with Crippen LogP contribution >= 0.6 is 11.6 Å². The Bertz CT molecular complexity index is 572. The zero-order chi connectivity index (χ0) is 14.4. The largest absolute Gasteiger partial charge is 0.496 e. The Kier molecular flexibility index (Phi) is 5.41. The fraction of sp³-hybridized carbons (Fsp3) is 0.250. The standard InChI is InChI=1S/C16H18ClNO2/c1-19-16-7-6-12(8-14(16)9-18)10-20-11-13-4-2-3-5-15(13)17/h2-8H,9-11,18H2,1H3. The Morgan fingerprint density at radius 3 is 2.55 bits per heavy atom. The van der Waals surface area contributed by atoms with E-state index < -0.39 is 0 Å². The van der Waals surface area contributed by atoms with Gasteiger partial charge >= 0.3 is 0 Å². The van der Waals surface area contributed by atoms with E-state index in [0.717, 1.165) is 27.5 Å². The minimum absolute atomic E-state index is 0.446. The van der Waals surface area contributed by atoms with Crippen molar-refractivity contribution < 1.29 is 9.47 Å². The van der Waals surface area contributed by atoms with Crippen LogP contribution in [0.15, 0.2) is 42.5 Å². The Hall–Kier alpha value is -1.55. The predicted octanol–water partition coefficient (Wildman–Crippen LogP) is 3.52. The van der Waals surface area contributed by atoms with Gasteiger partial charge in [0.05, 0.1) is 20.3 Å². The maximum Gasteiger partial charge on any atom is 0.123 e. The molecule has 0 aliphatic rings. The van der Waals surface area contributed by atoms with Gasteiger partial charge in [0, 0.05) is 17.1 Å². The maximum atomic E-state index is 6.08. The van der Waals surface area contributed by atoms with Gasteiger partial charge in [-0.25, -0.2) is 0 Å². The molecule has 2 N–H and O–H groups in total. The van der Waals surface area contributed by atoms with E-state index in [9.17, 15) is 0 Å². The molecule has 0 unspecified atom stereocenters. The summed E-state index contributed by atoms with van der Waals surface area (Å²) in [4.78, 5) is 0. The van der Waals surface area contributed by atoms with Crippen LogP contribution in [0.25, 0.3) is 0 Å². The van der Waals surface area contributed by atoms with Gasteiger partial charge in [0.15, 0.2) is 0 Å². The van der Waals surface area contributed by atoms with Crippen molar-refractivity contribution in [3.05, 3.63) is 64.2 Å². The molecule has 106 valence electrons. The van der Waals surface area contributed by atoms with Crippen LogP contribution in [0.3, 0.4) is 0 Å². The molecule has 0 fully saturated rings. The van der Waals surface area contributed by atoms with E-state index in [1.165, 1.54) is 0 Å². The smallest absolute Gasteiger partial charge is 0.123 e. The second kappa shape index (κ2) is 7.29. The van der Waals surface area contributed by atoms with Gasteiger partial charge in [-0.2, -0.15) is 0 Å². The molecule has 2 aromatic carbocycles. The van der Waals surface area contributed by atoms with Crippen LogP contribution in [-0.2, 0) is 24.5 Å². The van der Waals surface area contributed by atoms with Gasteiger partial charge < -0.3 is 15.2 Å². The second-order valence-corrected chi connectivity index (χ2v) is 4.84. The van der Waals surface area contributed by atoms with Crippen LogP contribution in [0.1, 0.15) is 16.7 Å². The monoisotopic (exact) mass is 291 g/mol. The molecule has 2 aromatic rings. The third kappa shape index (κ3) is 3.73. The van der Waals surface area contributed by atoms with Crippen molar-refractivity contribution >= 4 is 11.6 Å². The minimum Gasteiger partial charge on any atom is -0.496 e. The fourth-order valence-corrected chi connectivity index (χ4v) is 2.17. The molecular formula is C16H18ClNO2. The highest BCUT2D eigenvalue weighted by Crippen LogP contribution is 2.21. The van der Waals surface area contributed by atoms with Crippen LogP contribution in [0.4, 0.5) is 0 Å². The zero-order valence-electron chi connectivity index (χ0n) is 11.4. The number of benzene rings is 2. The third-order valence-electron chi connectivity index (χ3n) is 3.05. The Morgan fingerprint density at radius 2 is 1.85 bits per heavy atom. The molecule has 0 saturated heterocycles. The van der Waals surface area contributed by atoms with Gasteiger partial charge in [0.1, 0.15) is 5.75 Å². The molecule has 0 heterocycles. The normalized spacial score (nSPS) is 10.6. The highest BCUT2D eigenvalue weighted by molar-refractivity contribution is 6.31. The van der Waals surface area contributed by atoms with E-state index in [1.54, 1.807) is 7.11 Å². The highest BCUT2D eigenvalue weighted by atomic mass is 35.5. The number of ether oxygens (including phenoxy) is 2. The van der Waals surface area contributed by atoms with Crippen molar-refractivity contribution in [2.24, 2.45) is 5.73 Å². The lowest BCUT2D eigenvalue weighted by atomic mass is 10.1. The predicted molar refractivity (Wildman–Crippen MR) is 80.8 cm³/mol. The summed E-state index contributed by atoms with van der Waals surface area (Å²) in [6, 6.07) is 13.6. The molecule has 0 aliphatic carbocycles. The molecule has 0 radical (unpaired) electrons. The fourth-order valence-electron chi connectivity index (χ4n) is 1.98. The van der Waals surface area contributed by atoms with Gasteiger partial charge in [-0.1, -0.05) is 35.9 Å². The number of hydrogen-bond acceptors (Lipinski definition) is 3. The third-order valence-corrected chi connectivity index (χ3v) is 3.42. The molecule has 0 atom stereocenters. The van der Waals surface area contributed by atoms with Crippen molar-refractivity contribution in [1.82, 2.24) is 0 Å². The number of rotatable bonds is 6. The number of halogens is 1. The van der Waals surface area contributed by atoms with Crippen LogP contribution in [-0.4, -0.2) is 7.11 Å². The summed E-state index contributed by atoms with van der Waals surface area (Å²) in [6.45, 7) is 1.45. The molecule has 0 bridgehead atoms. The van der Waals surface area contributed by atoms with Crippen LogP contribution in [0.5, 0.6) is 5.75 Å². The van der Waals surface area contributed by atoms with Gasteiger partial charge in [0.25, 0.3) is 0 Å². The number of methoxy groups -OCH3 is 1. The zero-order valence-corrected chi connectivity index (χ0v) is 12.2. The van der Waals surface area contributed by atoms with E-state index in [0.29, 0.717) is 19.8 Å². The Labute approximate surface area is 124 Å². The van der Waals surface area contributed by atoms with E-state index in [-0.39, 0.29) is 0 Å². The molecule has 0 amide bonds. The van der Waals surface area contributed by atoms with Crippen LogP contribution < -0.4 is 10.5 Å². The summed E-state index contributed by atoms with van der Waals surface area (Å²) in [6.07, 6.45) is 0. The molecule has 3 nitrogen and oxygen atoms in total. The summed E-state index contributed by atoms with van der Waals surface area (Å²) in [7, 11) is 1.64. The average Bonchev–Trinajstić information content (AvgIpc) is 2.49. The first-order valence-electron chi connectivity index (χ1n) is 6.41. The summed E-state index contributed by atoms with van der Waals surface area (Å²) in [5.41, 5.74) is 8.73. The molecule has 20 heavy (non-hydrogen) atoms. The van der Waals surface area contributed by atoms with Crippen molar-refractivity contribution in [2.45, 2.75) is 19.8 Å². The lowest BCUT2D eigenvalue weighted by Crippen LogP contribution is -2.02. The van der Waals surface area contributed by atoms with Crippen molar-refractivity contribution in [3.63, 3.8) is 0 Å². The van der Waals surface area contributed by atoms with Gasteiger partial charge in [0.2, 0.25) is 0 Å². The highest BCUT2D eigenvalue weighted by Gasteiger charge is 2.04. The first-order chi connectivity index (χ1) is 9.74.